The monoisotopic (exact) mass is 359 g/mol. The predicted octanol–water partition coefficient (Wildman–Crippen LogP) is 4.14. The lowest BCUT2D eigenvalue weighted by Crippen LogP contribution is -2.30. The third-order valence-electron chi connectivity index (χ3n) is 4.64. The van der Waals surface area contributed by atoms with Gasteiger partial charge in [0.1, 0.15) is 11.6 Å². The first-order valence-corrected chi connectivity index (χ1v) is 8.98. The number of hydrogen-bond donors (Lipinski definition) is 1. The van der Waals surface area contributed by atoms with Crippen molar-refractivity contribution >= 4 is 10.9 Å². The molecule has 0 bridgehead atoms. The molecule has 0 radical (unpaired) electrons. The first kappa shape index (κ1) is 17.2. The molecule has 2 heterocycles. The highest BCUT2D eigenvalue weighted by Gasteiger charge is 2.18. The van der Waals surface area contributed by atoms with Crippen LogP contribution in [0.25, 0.3) is 16.6 Å². The minimum atomic E-state index is -0.145. The van der Waals surface area contributed by atoms with Crippen LogP contribution in [0.5, 0.6) is 0 Å². The summed E-state index contributed by atoms with van der Waals surface area (Å²) in [4.78, 5) is 18.1. The molecule has 1 atom stereocenters. The topological polar surface area (TPSA) is 60.1 Å². The van der Waals surface area contributed by atoms with Gasteiger partial charge in [0.15, 0.2) is 0 Å². The summed E-state index contributed by atoms with van der Waals surface area (Å²) in [6.07, 6.45) is 1.65. The van der Waals surface area contributed by atoms with Gasteiger partial charge in [-0.3, -0.25) is 9.36 Å². The second-order valence-electron chi connectivity index (χ2n) is 6.65. The second-order valence-corrected chi connectivity index (χ2v) is 6.65. The van der Waals surface area contributed by atoms with Crippen LogP contribution in [-0.4, -0.2) is 9.55 Å². The molecule has 27 heavy (non-hydrogen) atoms. The van der Waals surface area contributed by atoms with Gasteiger partial charge in [0.2, 0.25) is 0 Å². The highest BCUT2D eigenvalue weighted by molar-refractivity contribution is 5.77. The summed E-state index contributed by atoms with van der Waals surface area (Å²) < 4.78 is 7.09. The van der Waals surface area contributed by atoms with Crippen LogP contribution in [0.2, 0.25) is 0 Å². The predicted molar refractivity (Wildman–Crippen MR) is 106 cm³/mol. The van der Waals surface area contributed by atoms with E-state index in [2.05, 4.69) is 5.32 Å². The van der Waals surface area contributed by atoms with Crippen LogP contribution < -0.4 is 10.9 Å². The largest absolute Gasteiger partial charge is 0.468 e. The molecule has 2 aromatic carbocycles. The Bertz CT molecular complexity index is 1110. The lowest BCUT2D eigenvalue weighted by Gasteiger charge is -2.19. The zero-order chi connectivity index (χ0) is 18.8. The first-order chi connectivity index (χ1) is 13.1. The maximum atomic E-state index is 13.2. The standard InChI is InChI=1S/C22H21N3O2/c1-15-9-11-17(12-10-15)25-21(16(2)23-14-18-6-5-13-27-18)24-20-8-4-3-7-19(20)22(25)26/h3-13,16,23H,14H2,1-2H3/t16-/m0/s1. The van der Waals surface area contributed by atoms with Gasteiger partial charge in [0.05, 0.1) is 35.4 Å². The Balaban J connectivity index is 1.83. The smallest absolute Gasteiger partial charge is 0.266 e. The molecule has 0 saturated heterocycles. The van der Waals surface area contributed by atoms with Crippen molar-refractivity contribution in [1.29, 1.82) is 0 Å². The highest BCUT2D eigenvalue weighted by Crippen LogP contribution is 2.19. The van der Waals surface area contributed by atoms with Crippen molar-refractivity contribution in [2.75, 3.05) is 0 Å². The number of para-hydroxylation sites is 1. The van der Waals surface area contributed by atoms with Crippen molar-refractivity contribution in [2.45, 2.75) is 26.4 Å². The molecule has 2 aromatic heterocycles. The Hall–Kier alpha value is -3.18. The molecular formula is C22H21N3O2. The van der Waals surface area contributed by atoms with Crippen molar-refractivity contribution < 1.29 is 4.42 Å². The fraction of sp³-hybridized carbons (Fsp3) is 0.182. The minimum Gasteiger partial charge on any atom is -0.468 e. The molecule has 4 rings (SSSR count). The van der Waals surface area contributed by atoms with Gasteiger partial charge in [-0.05, 0) is 50.2 Å². The summed E-state index contributed by atoms with van der Waals surface area (Å²) >= 11 is 0. The van der Waals surface area contributed by atoms with Crippen molar-refractivity contribution in [3.8, 4) is 5.69 Å². The average molecular weight is 359 g/mol. The van der Waals surface area contributed by atoms with Crippen molar-refractivity contribution in [3.05, 3.63) is 94.4 Å². The van der Waals surface area contributed by atoms with E-state index in [-0.39, 0.29) is 11.6 Å². The maximum Gasteiger partial charge on any atom is 0.266 e. The number of aromatic nitrogens is 2. The number of furan rings is 1. The molecule has 0 aliphatic heterocycles. The molecule has 5 nitrogen and oxygen atoms in total. The molecule has 0 spiro atoms. The van der Waals surface area contributed by atoms with Gasteiger partial charge >= 0.3 is 0 Å². The fourth-order valence-electron chi connectivity index (χ4n) is 3.14. The number of aryl methyl sites for hydroxylation is 1. The SMILES string of the molecule is Cc1ccc(-n2c([C@H](C)NCc3ccco3)nc3ccccc3c2=O)cc1. The Kier molecular flexibility index (Phi) is 4.60. The van der Waals surface area contributed by atoms with E-state index in [0.29, 0.717) is 23.3 Å². The van der Waals surface area contributed by atoms with Crippen LogP contribution in [0, 0.1) is 6.92 Å². The van der Waals surface area contributed by atoms with E-state index < -0.39 is 0 Å². The average Bonchev–Trinajstić information content (AvgIpc) is 3.21. The molecule has 1 N–H and O–H groups in total. The van der Waals surface area contributed by atoms with Crippen LogP contribution in [0.15, 0.2) is 76.1 Å². The summed E-state index contributed by atoms with van der Waals surface area (Å²) in [6, 6.07) is 19.0. The number of hydrogen-bond acceptors (Lipinski definition) is 4. The molecule has 0 amide bonds. The Morgan fingerprint density at radius 2 is 1.85 bits per heavy atom. The van der Waals surface area contributed by atoms with Crippen LogP contribution in [0.4, 0.5) is 0 Å². The Morgan fingerprint density at radius 1 is 1.07 bits per heavy atom. The lowest BCUT2D eigenvalue weighted by molar-refractivity contribution is 0.450. The van der Waals surface area contributed by atoms with E-state index in [1.54, 1.807) is 10.8 Å². The molecule has 0 aliphatic carbocycles. The van der Waals surface area contributed by atoms with Crippen LogP contribution in [-0.2, 0) is 6.54 Å². The van der Waals surface area contributed by atoms with Crippen molar-refractivity contribution in [1.82, 2.24) is 14.9 Å². The van der Waals surface area contributed by atoms with Gasteiger partial charge in [-0.1, -0.05) is 29.8 Å². The number of nitrogens with one attached hydrogen (secondary N) is 1. The second kappa shape index (κ2) is 7.21. The van der Waals surface area contributed by atoms with Crippen LogP contribution in [0.3, 0.4) is 0 Å². The van der Waals surface area contributed by atoms with E-state index in [0.717, 1.165) is 17.0 Å². The van der Waals surface area contributed by atoms with Gasteiger partial charge in [-0.15, -0.1) is 0 Å². The molecule has 5 heteroatoms. The van der Waals surface area contributed by atoms with Crippen LogP contribution in [0.1, 0.15) is 30.1 Å². The Labute approximate surface area is 157 Å². The molecular weight excluding hydrogens is 338 g/mol. The molecule has 0 unspecified atom stereocenters. The van der Waals surface area contributed by atoms with E-state index in [1.165, 1.54) is 0 Å². The fourth-order valence-corrected chi connectivity index (χ4v) is 3.14. The van der Waals surface area contributed by atoms with Gasteiger partial charge < -0.3 is 9.73 Å². The molecule has 0 aliphatic rings. The van der Waals surface area contributed by atoms with Crippen molar-refractivity contribution in [3.63, 3.8) is 0 Å². The normalized spacial score (nSPS) is 12.4. The van der Waals surface area contributed by atoms with Gasteiger partial charge in [-0.2, -0.15) is 0 Å². The Morgan fingerprint density at radius 3 is 2.59 bits per heavy atom. The molecule has 136 valence electrons. The number of benzene rings is 2. The van der Waals surface area contributed by atoms with E-state index in [4.69, 9.17) is 9.40 Å². The minimum absolute atomic E-state index is 0.0638. The summed E-state index contributed by atoms with van der Waals surface area (Å²) in [5.41, 5.74) is 2.59. The molecule has 0 fully saturated rings. The lowest BCUT2D eigenvalue weighted by atomic mass is 10.2. The van der Waals surface area contributed by atoms with E-state index in [1.807, 2.05) is 74.5 Å². The summed E-state index contributed by atoms with van der Waals surface area (Å²) in [5, 5.41) is 4.01. The highest BCUT2D eigenvalue weighted by atomic mass is 16.3. The molecule has 4 aromatic rings. The number of rotatable bonds is 5. The third-order valence-corrected chi connectivity index (χ3v) is 4.64. The summed E-state index contributed by atoms with van der Waals surface area (Å²) in [6.45, 7) is 4.59. The number of fused-ring (bicyclic) bond motifs is 1. The van der Waals surface area contributed by atoms with E-state index in [9.17, 15) is 4.79 Å². The van der Waals surface area contributed by atoms with Crippen molar-refractivity contribution in [2.24, 2.45) is 0 Å². The van der Waals surface area contributed by atoms with Gasteiger partial charge in [0, 0.05) is 0 Å². The maximum absolute atomic E-state index is 13.2. The van der Waals surface area contributed by atoms with Crippen LogP contribution >= 0.6 is 0 Å². The van der Waals surface area contributed by atoms with E-state index >= 15 is 0 Å². The third kappa shape index (κ3) is 3.41. The van der Waals surface area contributed by atoms with Gasteiger partial charge in [0.25, 0.3) is 5.56 Å². The summed E-state index contributed by atoms with van der Waals surface area (Å²) in [5.74, 6) is 1.51. The number of nitrogens with zero attached hydrogens (tertiary/aromatic N) is 2. The van der Waals surface area contributed by atoms with Gasteiger partial charge in [-0.25, -0.2) is 4.98 Å². The molecule has 0 saturated carbocycles. The zero-order valence-corrected chi connectivity index (χ0v) is 15.3. The zero-order valence-electron chi connectivity index (χ0n) is 15.3. The summed E-state index contributed by atoms with van der Waals surface area (Å²) in [7, 11) is 0. The first-order valence-electron chi connectivity index (χ1n) is 8.98. The quantitative estimate of drug-likeness (QED) is 0.582.